The third kappa shape index (κ3) is 3.62. The smallest absolute Gasteiger partial charge is 0.246 e. The van der Waals surface area contributed by atoms with Crippen molar-refractivity contribution in [3.05, 3.63) is 0 Å². The molecule has 3 rings (SSSR count). The van der Waals surface area contributed by atoms with Crippen molar-refractivity contribution in [2.24, 2.45) is 11.8 Å². The summed E-state index contributed by atoms with van der Waals surface area (Å²) in [4.78, 5) is 41.5. The van der Waals surface area contributed by atoms with Crippen LogP contribution >= 0.6 is 0 Å². The number of carbonyl (C=O) groups is 3. The van der Waals surface area contributed by atoms with Gasteiger partial charge in [-0.3, -0.25) is 14.4 Å². The van der Waals surface area contributed by atoms with E-state index >= 15 is 0 Å². The SMILES string of the molecule is CCCNC(=O)[C@@H]1[C@H]2C(=O)N(CCCO)C(C(=O)NC(C)CCC)C23CC[C@@]1(C)O3. The molecule has 3 aliphatic heterocycles. The van der Waals surface area contributed by atoms with Gasteiger partial charge in [0, 0.05) is 25.7 Å². The summed E-state index contributed by atoms with van der Waals surface area (Å²) in [6.45, 7) is 8.66. The van der Waals surface area contributed by atoms with Gasteiger partial charge in [-0.25, -0.2) is 0 Å². The van der Waals surface area contributed by atoms with Crippen molar-refractivity contribution in [2.75, 3.05) is 19.7 Å². The Balaban J connectivity index is 1.95. The minimum Gasteiger partial charge on any atom is -0.396 e. The van der Waals surface area contributed by atoms with E-state index in [-0.39, 0.29) is 36.9 Å². The maximum atomic E-state index is 13.5. The molecule has 0 radical (unpaired) electrons. The van der Waals surface area contributed by atoms with Crippen LogP contribution in [-0.4, -0.2) is 70.7 Å². The lowest BCUT2D eigenvalue weighted by atomic mass is 9.66. The van der Waals surface area contributed by atoms with Crippen molar-refractivity contribution in [1.29, 1.82) is 0 Å². The summed E-state index contributed by atoms with van der Waals surface area (Å²) in [5.74, 6) is -1.85. The Hall–Kier alpha value is -1.67. The first-order valence-corrected chi connectivity index (χ1v) is 11.4. The number of aliphatic hydroxyl groups excluding tert-OH is 1. The first kappa shape index (κ1) is 23.0. The van der Waals surface area contributed by atoms with Gasteiger partial charge in [0.25, 0.3) is 0 Å². The number of amides is 3. The number of fused-ring (bicyclic) bond motifs is 1. The highest BCUT2D eigenvalue weighted by molar-refractivity contribution is 5.99. The Bertz CT molecular complexity index is 686. The highest BCUT2D eigenvalue weighted by atomic mass is 16.5. The van der Waals surface area contributed by atoms with Gasteiger partial charge in [-0.2, -0.15) is 0 Å². The average Bonchev–Trinajstić information content (AvgIpc) is 3.25. The van der Waals surface area contributed by atoms with Gasteiger partial charge in [0.1, 0.15) is 11.6 Å². The molecule has 6 atom stereocenters. The van der Waals surface area contributed by atoms with Crippen LogP contribution < -0.4 is 10.6 Å². The molecule has 0 aromatic carbocycles. The molecule has 0 aliphatic carbocycles. The molecule has 8 nitrogen and oxygen atoms in total. The molecule has 0 aromatic heterocycles. The van der Waals surface area contributed by atoms with Crippen LogP contribution in [0.3, 0.4) is 0 Å². The molecule has 2 bridgehead atoms. The molecule has 30 heavy (non-hydrogen) atoms. The van der Waals surface area contributed by atoms with E-state index in [2.05, 4.69) is 17.6 Å². The summed E-state index contributed by atoms with van der Waals surface area (Å²) >= 11 is 0. The van der Waals surface area contributed by atoms with Crippen LogP contribution in [0.2, 0.25) is 0 Å². The monoisotopic (exact) mass is 423 g/mol. The largest absolute Gasteiger partial charge is 0.396 e. The lowest BCUT2D eigenvalue weighted by Gasteiger charge is -2.34. The molecule has 3 aliphatic rings. The zero-order valence-electron chi connectivity index (χ0n) is 18.7. The Labute approximate surface area is 179 Å². The third-order valence-corrected chi connectivity index (χ3v) is 7.02. The molecule has 3 saturated heterocycles. The van der Waals surface area contributed by atoms with Gasteiger partial charge in [-0.1, -0.05) is 20.3 Å². The summed E-state index contributed by atoms with van der Waals surface area (Å²) in [5.41, 5.74) is -1.72. The molecule has 0 saturated carbocycles. The molecular weight excluding hydrogens is 386 g/mol. The maximum absolute atomic E-state index is 13.5. The summed E-state index contributed by atoms with van der Waals surface area (Å²) < 4.78 is 6.49. The van der Waals surface area contributed by atoms with E-state index < -0.39 is 29.1 Å². The molecule has 1 spiro atoms. The number of likely N-dealkylation sites (tertiary alicyclic amines) is 1. The molecule has 170 valence electrons. The molecule has 3 fully saturated rings. The van der Waals surface area contributed by atoms with Crippen LogP contribution in [0.15, 0.2) is 0 Å². The Morgan fingerprint density at radius 2 is 2.00 bits per heavy atom. The van der Waals surface area contributed by atoms with Crippen LogP contribution in [0.1, 0.15) is 66.2 Å². The minimum absolute atomic E-state index is 0.00872. The summed E-state index contributed by atoms with van der Waals surface area (Å²) in [7, 11) is 0. The van der Waals surface area contributed by atoms with Crippen molar-refractivity contribution >= 4 is 17.7 Å². The molecule has 3 unspecified atom stereocenters. The fourth-order valence-corrected chi connectivity index (χ4v) is 5.79. The molecule has 3 N–H and O–H groups in total. The number of nitrogens with one attached hydrogen (secondary N) is 2. The van der Waals surface area contributed by atoms with Gasteiger partial charge in [0.15, 0.2) is 0 Å². The summed E-state index contributed by atoms with van der Waals surface area (Å²) in [6.07, 6.45) is 4.20. The quantitative estimate of drug-likeness (QED) is 0.485. The fourth-order valence-electron chi connectivity index (χ4n) is 5.79. The second kappa shape index (κ2) is 8.83. The number of carbonyl (C=O) groups excluding carboxylic acids is 3. The summed E-state index contributed by atoms with van der Waals surface area (Å²) in [5, 5.41) is 15.3. The topological polar surface area (TPSA) is 108 Å². The summed E-state index contributed by atoms with van der Waals surface area (Å²) in [6, 6.07) is -0.780. The predicted molar refractivity (Wildman–Crippen MR) is 111 cm³/mol. The van der Waals surface area contributed by atoms with E-state index in [0.29, 0.717) is 25.8 Å². The van der Waals surface area contributed by atoms with Crippen LogP contribution in [0.5, 0.6) is 0 Å². The van der Waals surface area contributed by atoms with Crippen molar-refractivity contribution in [2.45, 2.75) is 89.5 Å². The minimum atomic E-state index is -0.981. The van der Waals surface area contributed by atoms with Crippen LogP contribution in [-0.2, 0) is 19.1 Å². The number of ether oxygens (including phenoxy) is 1. The van der Waals surface area contributed by atoms with Gasteiger partial charge in [0.05, 0.1) is 17.4 Å². The first-order valence-electron chi connectivity index (χ1n) is 11.4. The number of nitrogens with zero attached hydrogens (tertiary/aromatic N) is 1. The molecular formula is C22H37N3O5. The standard InChI is InChI=1S/C22H37N3O5/c1-5-8-14(3)24-19(28)17-22-10-9-21(4,30-22)15(18(27)23-11-6-2)16(22)20(29)25(17)12-7-13-26/h14-17,26H,5-13H2,1-4H3,(H,23,27)(H,24,28)/t14?,15-,16-,17?,21+,22?/m0/s1. The van der Waals surface area contributed by atoms with E-state index in [1.165, 1.54) is 0 Å². The van der Waals surface area contributed by atoms with E-state index in [1.54, 1.807) is 4.90 Å². The van der Waals surface area contributed by atoms with Crippen LogP contribution in [0, 0.1) is 11.8 Å². The normalized spacial score (nSPS) is 35.4. The number of rotatable bonds is 10. The third-order valence-electron chi connectivity index (χ3n) is 7.02. The van der Waals surface area contributed by atoms with Crippen molar-refractivity contribution in [3.8, 4) is 0 Å². The number of hydrogen-bond donors (Lipinski definition) is 3. The highest BCUT2D eigenvalue weighted by Gasteiger charge is 2.77. The predicted octanol–water partition coefficient (Wildman–Crippen LogP) is 0.965. The van der Waals surface area contributed by atoms with E-state index in [9.17, 15) is 19.5 Å². The Morgan fingerprint density at radius 3 is 2.63 bits per heavy atom. The molecule has 0 aromatic rings. The molecule has 3 amide bonds. The zero-order valence-corrected chi connectivity index (χ0v) is 18.7. The number of aliphatic hydroxyl groups is 1. The lowest BCUT2D eigenvalue weighted by Crippen LogP contribution is -2.56. The van der Waals surface area contributed by atoms with Crippen molar-refractivity contribution in [3.63, 3.8) is 0 Å². The van der Waals surface area contributed by atoms with Gasteiger partial charge in [0.2, 0.25) is 17.7 Å². The first-order chi connectivity index (χ1) is 14.3. The van der Waals surface area contributed by atoms with Crippen molar-refractivity contribution in [1.82, 2.24) is 15.5 Å². The highest BCUT2D eigenvalue weighted by Crippen LogP contribution is 2.63. The number of hydrogen-bond acceptors (Lipinski definition) is 5. The van der Waals surface area contributed by atoms with Crippen LogP contribution in [0.25, 0.3) is 0 Å². The van der Waals surface area contributed by atoms with E-state index in [1.807, 2.05) is 20.8 Å². The van der Waals surface area contributed by atoms with Gasteiger partial charge >= 0.3 is 0 Å². The van der Waals surface area contributed by atoms with Gasteiger partial charge < -0.3 is 25.4 Å². The Morgan fingerprint density at radius 1 is 1.27 bits per heavy atom. The molecule has 3 heterocycles. The molecule has 8 heteroatoms. The Kier molecular flexibility index (Phi) is 6.77. The second-order valence-corrected chi connectivity index (χ2v) is 9.33. The zero-order chi connectivity index (χ0) is 22.1. The average molecular weight is 424 g/mol. The lowest BCUT2D eigenvalue weighted by molar-refractivity contribution is -0.146. The van der Waals surface area contributed by atoms with Crippen LogP contribution in [0.4, 0.5) is 0 Å². The van der Waals surface area contributed by atoms with Crippen molar-refractivity contribution < 1.29 is 24.2 Å². The van der Waals surface area contributed by atoms with Gasteiger partial charge in [-0.05, 0) is 46.0 Å². The maximum Gasteiger partial charge on any atom is 0.246 e. The van der Waals surface area contributed by atoms with E-state index in [4.69, 9.17) is 4.74 Å². The van der Waals surface area contributed by atoms with E-state index in [0.717, 1.165) is 19.3 Å². The second-order valence-electron chi connectivity index (χ2n) is 9.33. The van der Waals surface area contributed by atoms with Gasteiger partial charge in [-0.15, -0.1) is 0 Å². The fraction of sp³-hybridized carbons (Fsp3) is 0.864.